The number of hydrogen-bond acceptors (Lipinski definition) is 0. The van der Waals surface area contributed by atoms with Gasteiger partial charge in [0.05, 0.1) is 5.41 Å². The fourth-order valence-corrected chi connectivity index (χ4v) is 6.16. The van der Waals surface area contributed by atoms with E-state index in [0.717, 1.165) is 0 Å². The van der Waals surface area contributed by atoms with Gasteiger partial charge in [-0.15, -0.1) is 0 Å². The Kier molecular flexibility index (Phi) is 3.50. The van der Waals surface area contributed by atoms with E-state index in [9.17, 15) is 0 Å². The summed E-state index contributed by atoms with van der Waals surface area (Å²) < 4.78 is 0. The maximum atomic E-state index is 2.41. The second-order valence-electron chi connectivity index (χ2n) is 8.98. The van der Waals surface area contributed by atoms with Crippen molar-refractivity contribution in [3.05, 3.63) is 143 Å². The summed E-state index contributed by atoms with van der Waals surface area (Å²) in [5, 5.41) is 0. The first-order chi connectivity index (χ1) is 15.8. The monoisotopic (exact) mass is 406 g/mol. The number of rotatable bonds is 1. The van der Waals surface area contributed by atoms with Gasteiger partial charge in [0.1, 0.15) is 0 Å². The molecule has 0 N–H and O–H groups in total. The van der Waals surface area contributed by atoms with Crippen LogP contribution in [-0.4, -0.2) is 0 Å². The lowest BCUT2D eigenvalue weighted by Crippen LogP contribution is -2.25. The summed E-state index contributed by atoms with van der Waals surface area (Å²) in [5.41, 5.74) is 14.7. The maximum absolute atomic E-state index is 2.41. The highest BCUT2D eigenvalue weighted by Gasteiger charge is 2.51. The van der Waals surface area contributed by atoms with Crippen LogP contribution in [0, 0.1) is 6.92 Å². The summed E-state index contributed by atoms with van der Waals surface area (Å²) in [4.78, 5) is 0. The van der Waals surface area contributed by atoms with Crippen molar-refractivity contribution in [1.82, 2.24) is 0 Å². The zero-order valence-corrected chi connectivity index (χ0v) is 18.0. The normalized spacial score (nSPS) is 17.0. The molecule has 0 aromatic heterocycles. The average molecular weight is 407 g/mol. The highest BCUT2D eigenvalue weighted by Crippen LogP contribution is 2.63. The van der Waals surface area contributed by atoms with E-state index >= 15 is 0 Å². The van der Waals surface area contributed by atoms with Gasteiger partial charge in [0.25, 0.3) is 0 Å². The standard InChI is InChI=1S/C32H22/c1-21-18-19-25-24-12-5-7-15-27(24)32(30(25)20-21)28-16-8-6-13-26(28)31-23(14-9-17-29(31)32)22-10-3-2-4-11-22/h2-20H,1H3. The van der Waals surface area contributed by atoms with Crippen molar-refractivity contribution in [3.63, 3.8) is 0 Å². The van der Waals surface area contributed by atoms with Gasteiger partial charge in [-0.3, -0.25) is 0 Å². The van der Waals surface area contributed by atoms with E-state index < -0.39 is 0 Å². The minimum atomic E-state index is -0.269. The number of fused-ring (bicyclic) bond motifs is 10. The van der Waals surface area contributed by atoms with Crippen molar-refractivity contribution in [1.29, 1.82) is 0 Å². The second kappa shape index (κ2) is 6.31. The summed E-state index contributed by atoms with van der Waals surface area (Å²) in [6, 6.07) is 42.7. The molecule has 1 unspecified atom stereocenters. The summed E-state index contributed by atoms with van der Waals surface area (Å²) in [5.74, 6) is 0. The number of aryl methyl sites for hydroxylation is 1. The van der Waals surface area contributed by atoms with Crippen molar-refractivity contribution in [2.75, 3.05) is 0 Å². The van der Waals surface area contributed by atoms with E-state index in [-0.39, 0.29) is 5.41 Å². The Morgan fingerprint density at radius 2 is 1.03 bits per heavy atom. The smallest absolute Gasteiger partial charge is 0.0622 e. The van der Waals surface area contributed by atoms with E-state index in [1.165, 1.54) is 61.2 Å². The van der Waals surface area contributed by atoms with Crippen LogP contribution in [0.15, 0.2) is 115 Å². The molecule has 0 radical (unpaired) electrons. The zero-order valence-electron chi connectivity index (χ0n) is 18.0. The van der Waals surface area contributed by atoms with E-state index in [1.807, 2.05) is 0 Å². The Morgan fingerprint density at radius 3 is 1.84 bits per heavy atom. The minimum absolute atomic E-state index is 0.269. The van der Waals surface area contributed by atoms with E-state index in [4.69, 9.17) is 0 Å². The molecule has 0 fully saturated rings. The van der Waals surface area contributed by atoms with Crippen molar-refractivity contribution >= 4 is 0 Å². The highest BCUT2D eigenvalue weighted by molar-refractivity contribution is 5.99. The fourth-order valence-electron chi connectivity index (χ4n) is 6.16. The molecular formula is C32H22. The molecule has 0 bridgehead atoms. The van der Waals surface area contributed by atoms with Crippen LogP contribution >= 0.6 is 0 Å². The van der Waals surface area contributed by atoms with Crippen molar-refractivity contribution in [3.8, 4) is 33.4 Å². The van der Waals surface area contributed by atoms with E-state index in [1.54, 1.807) is 0 Å². The molecule has 32 heavy (non-hydrogen) atoms. The van der Waals surface area contributed by atoms with Gasteiger partial charge in [-0.25, -0.2) is 0 Å². The molecule has 5 aromatic carbocycles. The van der Waals surface area contributed by atoms with Gasteiger partial charge in [0, 0.05) is 0 Å². The third kappa shape index (κ3) is 2.07. The molecule has 7 rings (SSSR count). The Balaban J connectivity index is 1.69. The van der Waals surface area contributed by atoms with Gasteiger partial charge < -0.3 is 0 Å². The predicted octanol–water partition coefficient (Wildman–Crippen LogP) is 8.01. The molecule has 0 nitrogen and oxygen atoms in total. The largest absolute Gasteiger partial charge is 0.0725 e. The van der Waals surface area contributed by atoms with E-state index in [2.05, 4.69) is 122 Å². The zero-order chi connectivity index (χ0) is 21.3. The Morgan fingerprint density at radius 1 is 0.438 bits per heavy atom. The molecule has 0 saturated carbocycles. The summed E-state index contributed by atoms with van der Waals surface area (Å²) in [6.45, 7) is 2.21. The van der Waals surface area contributed by atoms with Crippen LogP contribution in [0.4, 0.5) is 0 Å². The van der Waals surface area contributed by atoms with Crippen LogP contribution < -0.4 is 0 Å². The number of benzene rings is 5. The molecule has 2 aliphatic carbocycles. The quantitative estimate of drug-likeness (QED) is 0.259. The summed E-state index contributed by atoms with van der Waals surface area (Å²) in [6.07, 6.45) is 0. The van der Waals surface area contributed by atoms with Crippen molar-refractivity contribution in [2.24, 2.45) is 0 Å². The van der Waals surface area contributed by atoms with Gasteiger partial charge in [-0.2, -0.15) is 0 Å². The first kappa shape index (κ1) is 17.7. The van der Waals surface area contributed by atoms with Crippen molar-refractivity contribution < 1.29 is 0 Å². The SMILES string of the molecule is Cc1ccc2c(c1)C1(c3ccccc3-2)c2ccccc2-c2c(-c3ccccc3)cccc21. The molecule has 0 heterocycles. The van der Waals surface area contributed by atoms with Gasteiger partial charge >= 0.3 is 0 Å². The molecule has 1 atom stereocenters. The van der Waals surface area contributed by atoms with Crippen LogP contribution in [0.2, 0.25) is 0 Å². The van der Waals surface area contributed by atoms with Crippen LogP contribution in [0.5, 0.6) is 0 Å². The third-order valence-electron chi connectivity index (χ3n) is 7.35. The Hall–Kier alpha value is -3.90. The van der Waals surface area contributed by atoms with Crippen molar-refractivity contribution in [2.45, 2.75) is 12.3 Å². The van der Waals surface area contributed by atoms with Crippen LogP contribution in [0.25, 0.3) is 33.4 Å². The lowest BCUT2D eigenvalue weighted by molar-refractivity contribution is 0.793. The summed E-state index contributed by atoms with van der Waals surface area (Å²) in [7, 11) is 0. The molecule has 150 valence electrons. The number of hydrogen-bond donors (Lipinski definition) is 0. The van der Waals surface area contributed by atoms with Gasteiger partial charge in [0.2, 0.25) is 0 Å². The van der Waals surface area contributed by atoms with Gasteiger partial charge in [-0.05, 0) is 62.6 Å². The molecule has 2 aliphatic rings. The first-order valence-corrected chi connectivity index (χ1v) is 11.3. The molecule has 0 aliphatic heterocycles. The summed E-state index contributed by atoms with van der Waals surface area (Å²) >= 11 is 0. The molecule has 5 aromatic rings. The second-order valence-corrected chi connectivity index (χ2v) is 8.98. The average Bonchev–Trinajstić information content (AvgIpc) is 3.31. The first-order valence-electron chi connectivity index (χ1n) is 11.3. The molecule has 1 spiro atoms. The maximum Gasteiger partial charge on any atom is 0.0725 e. The Bertz CT molecular complexity index is 1520. The Labute approximate surface area is 188 Å². The fraction of sp³-hybridized carbons (Fsp3) is 0.0625. The molecule has 0 heteroatoms. The van der Waals surface area contributed by atoms with Crippen LogP contribution in [-0.2, 0) is 5.41 Å². The van der Waals surface area contributed by atoms with Crippen LogP contribution in [0.3, 0.4) is 0 Å². The molecule has 0 amide bonds. The van der Waals surface area contributed by atoms with Gasteiger partial charge in [-0.1, -0.05) is 121 Å². The molecule has 0 saturated heterocycles. The van der Waals surface area contributed by atoms with Gasteiger partial charge in [0.15, 0.2) is 0 Å². The third-order valence-corrected chi connectivity index (χ3v) is 7.35. The lowest BCUT2D eigenvalue weighted by atomic mass is 9.70. The van der Waals surface area contributed by atoms with Crippen LogP contribution in [0.1, 0.15) is 27.8 Å². The highest BCUT2D eigenvalue weighted by atomic mass is 14.5. The van der Waals surface area contributed by atoms with E-state index in [0.29, 0.717) is 0 Å². The topological polar surface area (TPSA) is 0 Å². The molecular weight excluding hydrogens is 384 g/mol. The predicted molar refractivity (Wildman–Crippen MR) is 133 cm³/mol. The lowest BCUT2D eigenvalue weighted by Gasteiger charge is -2.30. The minimum Gasteiger partial charge on any atom is -0.0622 e.